The predicted octanol–water partition coefficient (Wildman–Crippen LogP) is 6.09. The van der Waals surface area contributed by atoms with Crippen molar-refractivity contribution in [2.24, 2.45) is 0 Å². The summed E-state index contributed by atoms with van der Waals surface area (Å²) in [6.07, 6.45) is 4.41. The van der Waals surface area contributed by atoms with Crippen molar-refractivity contribution >= 4 is 46.5 Å². The summed E-state index contributed by atoms with van der Waals surface area (Å²) >= 11 is 12.4. The van der Waals surface area contributed by atoms with Crippen LogP contribution in [0.15, 0.2) is 42.5 Å². The van der Waals surface area contributed by atoms with Gasteiger partial charge in [-0.1, -0.05) is 80.1 Å². The van der Waals surface area contributed by atoms with Crippen LogP contribution in [0.4, 0.5) is 11.4 Å². The predicted molar refractivity (Wildman–Crippen MR) is 131 cm³/mol. The molecule has 0 aliphatic carbocycles. The molecule has 2 N–H and O–H groups in total. The van der Waals surface area contributed by atoms with E-state index in [1.807, 2.05) is 6.07 Å². The number of aliphatic hydroxyl groups excluding tert-OH is 1. The Morgan fingerprint density at radius 3 is 2.24 bits per heavy atom. The number of hydrogen-bond donors (Lipinski definition) is 2. The minimum absolute atomic E-state index is 0.0183. The second kappa shape index (κ2) is 14.8. The molecular formula is C25H31Cl2NO5. The van der Waals surface area contributed by atoms with E-state index >= 15 is 0 Å². The summed E-state index contributed by atoms with van der Waals surface area (Å²) < 4.78 is 10.2. The zero-order valence-electron chi connectivity index (χ0n) is 18.8. The highest BCUT2D eigenvalue weighted by Crippen LogP contribution is 2.33. The number of ether oxygens (including phenoxy) is 2. The van der Waals surface area contributed by atoms with Crippen molar-refractivity contribution in [2.75, 3.05) is 18.5 Å². The van der Waals surface area contributed by atoms with Gasteiger partial charge in [-0.2, -0.15) is 0 Å². The number of carbonyl (C=O) groups excluding carboxylic acids is 2. The van der Waals surface area contributed by atoms with E-state index in [4.69, 9.17) is 32.7 Å². The number of benzene rings is 2. The quantitative estimate of drug-likeness (QED) is 0.243. The van der Waals surface area contributed by atoms with Crippen LogP contribution < -0.4 is 5.32 Å². The van der Waals surface area contributed by atoms with E-state index in [-0.39, 0.29) is 25.6 Å². The Balaban J connectivity index is 1.77. The fraction of sp³-hybridized carbons (Fsp3) is 0.440. The first-order valence-electron chi connectivity index (χ1n) is 11.2. The maximum Gasteiger partial charge on any atom is 0.310 e. The van der Waals surface area contributed by atoms with Gasteiger partial charge in [0.05, 0.1) is 22.2 Å². The first kappa shape index (κ1) is 27.0. The lowest BCUT2D eigenvalue weighted by Gasteiger charge is -2.15. The van der Waals surface area contributed by atoms with Gasteiger partial charge in [-0.05, 0) is 30.2 Å². The van der Waals surface area contributed by atoms with Gasteiger partial charge in [0.25, 0.3) is 0 Å². The van der Waals surface area contributed by atoms with Crippen molar-refractivity contribution in [3.05, 3.63) is 58.1 Å². The number of unbranched alkanes of at least 4 members (excludes halogenated alkanes) is 4. The summed E-state index contributed by atoms with van der Waals surface area (Å²) in [6.45, 7) is 1.67. The van der Waals surface area contributed by atoms with Crippen LogP contribution in [0.2, 0.25) is 10.0 Å². The average molecular weight is 496 g/mol. The van der Waals surface area contributed by atoms with Crippen molar-refractivity contribution in [2.45, 2.75) is 58.0 Å². The number of para-hydroxylation sites is 2. The van der Waals surface area contributed by atoms with Crippen molar-refractivity contribution in [3.63, 3.8) is 0 Å². The van der Waals surface area contributed by atoms with E-state index in [0.717, 1.165) is 32.1 Å². The van der Waals surface area contributed by atoms with Gasteiger partial charge in [-0.25, -0.2) is 0 Å². The lowest BCUT2D eigenvalue weighted by molar-refractivity contribution is -0.152. The van der Waals surface area contributed by atoms with E-state index < -0.39 is 12.1 Å². The van der Waals surface area contributed by atoms with Crippen molar-refractivity contribution in [1.29, 1.82) is 0 Å². The van der Waals surface area contributed by atoms with Crippen LogP contribution in [0.25, 0.3) is 0 Å². The third-order valence-corrected chi connectivity index (χ3v) is 5.56. The minimum atomic E-state index is -1.08. The lowest BCUT2D eigenvalue weighted by atomic mass is 10.1. The van der Waals surface area contributed by atoms with Crippen molar-refractivity contribution in [3.8, 4) is 0 Å². The fourth-order valence-corrected chi connectivity index (χ4v) is 3.62. The topological polar surface area (TPSA) is 84.9 Å². The number of carbonyl (C=O) groups is 2. The molecule has 6 nitrogen and oxygen atoms in total. The summed E-state index contributed by atoms with van der Waals surface area (Å²) in [5, 5.41) is 14.0. The maximum atomic E-state index is 12.3. The van der Waals surface area contributed by atoms with Crippen LogP contribution in [0.3, 0.4) is 0 Å². The van der Waals surface area contributed by atoms with Crippen LogP contribution >= 0.6 is 23.2 Å². The summed E-state index contributed by atoms with van der Waals surface area (Å²) in [6, 6.07) is 12.4. The van der Waals surface area contributed by atoms with Crippen LogP contribution in [-0.4, -0.2) is 36.4 Å². The first-order chi connectivity index (χ1) is 15.9. The Morgan fingerprint density at radius 1 is 0.909 bits per heavy atom. The molecule has 0 heterocycles. The van der Waals surface area contributed by atoms with Gasteiger partial charge in [-0.15, -0.1) is 0 Å². The van der Waals surface area contributed by atoms with E-state index in [1.165, 1.54) is 0 Å². The highest BCUT2D eigenvalue weighted by molar-refractivity contribution is 6.39. The first-order valence-corrected chi connectivity index (χ1v) is 11.9. The minimum Gasteiger partial charge on any atom is -0.463 e. The number of anilines is 2. The molecule has 0 radical (unpaired) electrons. The second-order valence-corrected chi connectivity index (χ2v) is 8.55. The Kier molecular flexibility index (Phi) is 12.1. The molecule has 1 atom stereocenters. The molecule has 2 rings (SSSR count). The highest BCUT2D eigenvalue weighted by atomic mass is 35.5. The monoisotopic (exact) mass is 495 g/mol. The largest absolute Gasteiger partial charge is 0.463 e. The number of aliphatic hydroxyl groups is 1. The molecule has 0 fully saturated rings. The molecule has 0 spiro atoms. The third kappa shape index (κ3) is 10.0. The van der Waals surface area contributed by atoms with E-state index in [2.05, 4.69) is 12.2 Å². The average Bonchev–Trinajstić information content (AvgIpc) is 2.79. The zero-order valence-corrected chi connectivity index (χ0v) is 20.3. The number of nitrogens with one attached hydrogen (secondary N) is 1. The second-order valence-electron chi connectivity index (χ2n) is 7.74. The van der Waals surface area contributed by atoms with E-state index in [9.17, 15) is 14.7 Å². The Morgan fingerprint density at radius 2 is 1.55 bits per heavy atom. The molecule has 33 heavy (non-hydrogen) atoms. The van der Waals surface area contributed by atoms with Gasteiger partial charge in [0.1, 0.15) is 19.3 Å². The third-order valence-electron chi connectivity index (χ3n) is 4.93. The Bertz CT molecular complexity index is 886. The normalized spacial score (nSPS) is 11.6. The van der Waals surface area contributed by atoms with Crippen LogP contribution in [0, 0.1) is 0 Å². The molecule has 0 saturated carbocycles. The molecule has 2 aromatic rings. The van der Waals surface area contributed by atoms with Gasteiger partial charge in [0.15, 0.2) is 0 Å². The number of hydrogen-bond acceptors (Lipinski definition) is 6. The number of halogens is 2. The molecule has 0 saturated heterocycles. The molecular weight excluding hydrogens is 465 g/mol. The number of rotatable bonds is 14. The Labute approximate surface area is 205 Å². The standard InChI is InChI=1S/C25H31Cl2NO5/c1-2-3-4-5-6-14-23(30)32-16-19(29)17-33-24(31)15-18-10-7-8-13-22(18)28-25-20(26)11-9-12-21(25)27/h7-13,19,28-29H,2-6,14-17H2,1H3. The summed E-state index contributed by atoms with van der Waals surface area (Å²) in [7, 11) is 0. The summed E-state index contributed by atoms with van der Waals surface area (Å²) in [5.41, 5.74) is 1.89. The molecule has 0 bridgehead atoms. The van der Waals surface area contributed by atoms with Gasteiger partial charge in [-0.3, -0.25) is 9.59 Å². The fourth-order valence-electron chi connectivity index (χ4n) is 3.13. The molecule has 2 aromatic carbocycles. The smallest absolute Gasteiger partial charge is 0.310 e. The molecule has 0 aliphatic rings. The summed E-state index contributed by atoms with van der Waals surface area (Å²) in [4.78, 5) is 24.0. The van der Waals surface area contributed by atoms with Gasteiger partial charge in [0.2, 0.25) is 0 Å². The van der Waals surface area contributed by atoms with Crippen LogP contribution in [0.5, 0.6) is 0 Å². The van der Waals surface area contributed by atoms with Gasteiger partial charge < -0.3 is 19.9 Å². The van der Waals surface area contributed by atoms with Crippen LogP contribution in [0.1, 0.15) is 51.0 Å². The lowest BCUT2D eigenvalue weighted by Crippen LogP contribution is -2.26. The van der Waals surface area contributed by atoms with Crippen molar-refractivity contribution < 1.29 is 24.2 Å². The van der Waals surface area contributed by atoms with Gasteiger partial charge >= 0.3 is 11.9 Å². The SMILES string of the molecule is CCCCCCCC(=O)OCC(O)COC(=O)Cc1ccccc1Nc1c(Cl)cccc1Cl. The zero-order chi connectivity index (χ0) is 24.1. The molecule has 180 valence electrons. The van der Waals surface area contributed by atoms with Crippen LogP contribution in [-0.2, 0) is 25.5 Å². The highest BCUT2D eigenvalue weighted by Gasteiger charge is 2.15. The summed E-state index contributed by atoms with van der Waals surface area (Å²) in [5.74, 6) is -0.870. The van der Waals surface area contributed by atoms with Crippen molar-refractivity contribution in [1.82, 2.24) is 0 Å². The number of esters is 2. The molecule has 1 unspecified atom stereocenters. The maximum absolute atomic E-state index is 12.3. The molecule has 8 heteroatoms. The van der Waals surface area contributed by atoms with E-state index in [0.29, 0.717) is 33.4 Å². The molecule has 0 amide bonds. The van der Waals surface area contributed by atoms with E-state index in [1.54, 1.807) is 36.4 Å². The molecule has 0 aliphatic heterocycles. The van der Waals surface area contributed by atoms with Gasteiger partial charge in [0, 0.05) is 12.1 Å². The Hall–Kier alpha value is -2.28. The molecule has 0 aromatic heterocycles.